The van der Waals surface area contributed by atoms with Crippen molar-refractivity contribution in [2.45, 2.75) is 0 Å². The van der Waals surface area contributed by atoms with Crippen molar-refractivity contribution in [3.05, 3.63) is 30.5 Å². The Morgan fingerprint density at radius 1 is 1.22 bits per heavy atom. The predicted octanol–water partition coefficient (Wildman–Crippen LogP) is 1.29. The van der Waals surface area contributed by atoms with Gasteiger partial charge in [-0.1, -0.05) is 0 Å². The van der Waals surface area contributed by atoms with Crippen LogP contribution in [0.25, 0.3) is 8.79 Å². The number of hydrogen-bond donors (Lipinski definition) is 0. The van der Waals surface area contributed by atoms with Gasteiger partial charge in [0.15, 0.2) is 0 Å². The van der Waals surface area contributed by atoms with E-state index in [1.165, 1.54) is 8.79 Å². The summed E-state index contributed by atoms with van der Waals surface area (Å²) in [7, 11) is 0. The Bertz CT molecular complexity index is 283. The van der Waals surface area contributed by atoms with Crippen LogP contribution in [-0.4, -0.2) is 23.9 Å². The Labute approximate surface area is 63.3 Å². The van der Waals surface area contributed by atoms with Crippen LogP contribution in [-0.2, 0) is 0 Å². The van der Waals surface area contributed by atoms with Gasteiger partial charge in [0.2, 0.25) is 0 Å². The number of benzene rings is 1. The first-order valence-corrected chi connectivity index (χ1v) is 4.97. The standard InChI is InChI=1S/C7H5NTe/c1-2-4-7-6(3-1)5-8-9-7/h1-5H. The summed E-state index contributed by atoms with van der Waals surface area (Å²) in [5.41, 5.74) is 0. The third kappa shape index (κ3) is 0.890. The van der Waals surface area contributed by atoms with Gasteiger partial charge in [-0.05, 0) is 0 Å². The number of rotatable bonds is 0. The van der Waals surface area contributed by atoms with E-state index in [1.54, 1.807) is 0 Å². The molecule has 0 saturated carbocycles. The summed E-state index contributed by atoms with van der Waals surface area (Å²) in [4.78, 5) is 0. The van der Waals surface area contributed by atoms with Gasteiger partial charge in [-0.2, -0.15) is 0 Å². The Hall–Kier alpha value is -0.320. The van der Waals surface area contributed by atoms with Crippen LogP contribution in [0.15, 0.2) is 30.5 Å². The number of fused-ring (bicyclic) bond motifs is 1. The summed E-state index contributed by atoms with van der Waals surface area (Å²) in [5.74, 6) is 0. The van der Waals surface area contributed by atoms with Crippen molar-refractivity contribution in [1.29, 1.82) is 0 Å². The molecule has 9 heavy (non-hydrogen) atoms. The molecular weight excluding hydrogens is 226 g/mol. The molecule has 44 valence electrons. The Morgan fingerprint density at radius 2 is 2.11 bits per heavy atom. The molecule has 0 atom stereocenters. The molecule has 1 heterocycles. The van der Waals surface area contributed by atoms with Gasteiger partial charge in [0.25, 0.3) is 0 Å². The molecule has 1 nitrogen and oxygen atoms in total. The van der Waals surface area contributed by atoms with Crippen LogP contribution in [0.4, 0.5) is 0 Å². The van der Waals surface area contributed by atoms with Crippen LogP contribution >= 0.6 is 0 Å². The average molecular weight is 231 g/mol. The first kappa shape index (κ1) is 5.46. The molecule has 1 aromatic heterocycles. The fourth-order valence-electron chi connectivity index (χ4n) is 0.810. The molecule has 0 aliphatic carbocycles. The molecule has 0 spiro atoms. The zero-order valence-electron chi connectivity index (χ0n) is 4.74. The summed E-state index contributed by atoms with van der Waals surface area (Å²) in [6.45, 7) is 0. The van der Waals surface area contributed by atoms with Crippen molar-refractivity contribution in [2.24, 2.45) is 0 Å². The van der Waals surface area contributed by atoms with Crippen LogP contribution in [0.2, 0.25) is 0 Å². The Kier molecular flexibility index (Phi) is 1.29. The molecule has 2 rings (SSSR count). The number of hydrogen-bond acceptors (Lipinski definition) is 1. The molecule has 0 N–H and O–H groups in total. The van der Waals surface area contributed by atoms with Crippen LogP contribution in [0.3, 0.4) is 0 Å². The normalized spacial score (nSPS) is 10.2. The SMILES string of the molecule is c1ccc2[te]ncc2c1. The van der Waals surface area contributed by atoms with Crippen molar-refractivity contribution in [1.82, 2.24) is 3.21 Å². The van der Waals surface area contributed by atoms with Gasteiger partial charge in [0, 0.05) is 0 Å². The van der Waals surface area contributed by atoms with E-state index in [0.717, 1.165) is 0 Å². The second-order valence-corrected chi connectivity index (χ2v) is 4.24. The van der Waals surface area contributed by atoms with Crippen molar-refractivity contribution in [3.63, 3.8) is 0 Å². The quantitative estimate of drug-likeness (QED) is 0.622. The second-order valence-electron chi connectivity index (χ2n) is 1.86. The first-order valence-electron chi connectivity index (χ1n) is 2.76. The molecule has 0 aliphatic heterocycles. The van der Waals surface area contributed by atoms with E-state index in [9.17, 15) is 0 Å². The molecule has 1 aromatic carbocycles. The molecular formula is C7H5NTe. The zero-order valence-corrected chi connectivity index (χ0v) is 7.07. The van der Waals surface area contributed by atoms with Crippen molar-refractivity contribution >= 4 is 29.5 Å². The van der Waals surface area contributed by atoms with Gasteiger partial charge >= 0.3 is 63.2 Å². The maximum absolute atomic E-state index is 4.26. The van der Waals surface area contributed by atoms with E-state index >= 15 is 0 Å². The van der Waals surface area contributed by atoms with Gasteiger partial charge in [0.05, 0.1) is 0 Å². The summed E-state index contributed by atoms with van der Waals surface area (Å²) >= 11 is -0.168. The first-order chi connectivity index (χ1) is 4.47. The monoisotopic (exact) mass is 233 g/mol. The topological polar surface area (TPSA) is 12.9 Å². The zero-order chi connectivity index (χ0) is 6.10. The summed E-state index contributed by atoms with van der Waals surface area (Å²) in [6.07, 6.45) is 1.98. The predicted molar refractivity (Wildman–Crippen MR) is 38.7 cm³/mol. The van der Waals surface area contributed by atoms with Crippen molar-refractivity contribution < 1.29 is 0 Å². The molecule has 0 amide bonds. The van der Waals surface area contributed by atoms with Crippen LogP contribution in [0.5, 0.6) is 0 Å². The van der Waals surface area contributed by atoms with Gasteiger partial charge in [0.1, 0.15) is 0 Å². The van der Waals surface area contributed by atoms with Crippen LogP contribution in [0, 0.1) is 0 Å². The van der Waals surface area contributed by atoms with Crippen molar-refractivity contribution in [2.75, 3.05) is 0 Å². The summed E-state index contributed by atoms with van der Waals surface area (Å²) < 4.78 is 5.73. The number of nitrogens with zero attached hydrogens (tertiary/aromatic N) is 1. The minimum absolute atomic E-state index is 0.168. The third-order valence-corrected chi connectivity index (χ3v) is 3.49. The maximum atomic E-state index is 4.26. The van der Waals surface area contributed by atoms with E-state index < -0.39 is 0 Å². The molecule has 0 unspecified atom stereocenters. The summed E-state index contributed by atoms with van der Waals surface area (Å²) in [6, 6.07) is 8.43. The van der Waals surface area contributed by atoms with Crippen molar-refractivity contribution in [3.8, 4) is 0 Å². The van der Waals surface area contributed by atoms with E-state index in [0.29, 0.717) is 0 Å². The van der Waals surface area contributed by atoms with E-state index in [4.69, 9.17) is 0 Å². The molecule has 2 heteroatoms. The van der Waals surface area contributed by atoms with Gasteiger partial charge < -0.3 is 0 Å². The minimum atomic E-state index is -0.168. The van der Waals surface area contributed by atoms with Gasteiger partial charge in [-0.25, -0.2) is 0 Å². The third-order valence-electron chi connectivity index (χ3n) is 1.26. The molecule has 2 aromatic rings. The fourth-order valence-corrected chi connectivity index (χ4v) is 2.65. The summed E-state index contributed by atoms with van der Waals surface area (Å²) in [5, 5.41) is 1.33. The van der Waals surface area contributed by atoms with Crippen LogP contribution in [0.1, 0.15) is 0 Å². The van der Waals surface area contributed by atoms with Crippen LogP contribution < -0.4 is 0 Å². The van der Waals surface area contributed by atoms with E-state index in [2.05, 4.69) is 27.5 Å². The Morgan fingerprint density at radius 3 is 3.00 bits per heavy atom. The number of aromatic nitrogens is 1. The molecule has 0 radical (unpaired) electrons. The molecule has 0 aliphatic rings. The molecule has 0 fully saturated rings. The average Bonchev–Trinajstić information content (AvgIpc) is 2.33. The van der Waals surface area contributed by atoms with Gasteiger partial charge in [-0.3, -0.25) is 0 Å². The molecule has 0 saturated heterocycles. The fraction of sp³-hybridized carbons (Fsp3) is 0. The molecule has 0 bridgehead atoms. The Balaban J connectivity index is 2.95. The van der Waals surface area contributed by atoms with Gasteiger partial charge in [-0.15, -0.1) is 0 Å². The van der Waals surface area contributed by atoms with E-state index in [-0.39, 0.29) is 20.7 Å². The second kappa shape index (κ2) is 2.13. The van der Waals surface area contributed by atoms with E-state index in [1.807, 2.05) is 6.20 Å².